The van der Waals surface area contributed by atoms with Crippen LogP contribution in [0, 0.1) is 5.41 Å². The lowest BCUT2D eigenvalue weighted by Crippen LogP contribution is -2.37. The van der Waals surface area contributed by atoms with Crippen molar-refractivity contribution in [3.05, 3.63) is 46.6 Å². The second kappa shape index (κ2) is 9.86. The van der Waals surface area contributed by atoms with E-state index in [1.807, 2.05) is 0 Å². The van der Waals surface area contributed by atoms with E-state index in [-0.39, 0.29) is 62.6 Å². The van der Waals surface area contributed by atoms with Crippen LogP contribution in [0.1, 0.15) is 44.3 Å². The van der Waals surface area contributed by atoms with Crippen molar-refractivity contribution in [2.75, 3.05) is 11.1 Å². The number of hydrogen-bond acceptors (Lipinski definition) is 8. The molecule has 4 N–H and O–H groups in total. The predicted octanol–water partition coefficient (Wildman–Crippen LogP) is 5.22. The summed E-state index contributed by atoms with van der Waals surface area (Å²) in [7, 11) is 0. The largest absolute Gasteiger partial charge is 0.481 e. The summed E-state index contributed by atoms with van der Waals surface area (Å²) in [5, 5.41) is 16.7. The van der Waals surface area contributed by atoms with Gasteiger partial charge in [-0.3, -0.25) is 14.3 Å². The number of benzene rings is 1. The Balaban J connectivity index is 1.55. The number of aromatic nitrogens is 5. The number of nitrogens with two attached hydrogens (primary N) is 1. The molecule has 17 heteroatoms. The number of carbonyl (C=O) groups excluding carboxylic acids is 1. The monoisotopic (exact) mass is 627 g/mol. The molecule has 43 heavy (non-hydrogen) atoms. The number of rotatable bonds is 8. The highest BCUT2D eigenvalue weighted by atomic mass is 35.5. The Morgan fingerprint density at radius 3 is 2.53 bits per heavy atom. The highest BCUT2D eigenvalue weighted by Gasteiger charge is 2.57. The topological polar surface area (TPSA) is 162 Å². The molecule has 0 bridgehead atoms. The molecule has 4 aromatic rings. The highest BCUT2D eigenvalue weighted by Crippen LogP contribution is 2.45. The van der Waals surface area contributed by atoms with Crippen molar-refractivity contribution < 1.29 is 41.1 Å². The van der Waals surface area contributed by atoms with Gasteiger partial charge in [0.15, 0.2) is 11.2 Å². The average molecular weight is 628 g/mol. The number of hydrogen-bond donors (Lipinski definition) is 3. The van der Waals surface area contributed by atoms with Gasteiger partial charge >= 0.3 is 18.1 Å². The van der Waals surface area contributed by atoms with E-state index in [9.17, 15) is 36.6 Å². The van der Waals surface area contributed by atoms with Crippen LogP contribution in [0.5, 0.6) is 0 Å². The molecule has 4 heterocycles. The van der Waals surface area contributed by atoms with Gasteiger partial charge in [0.05, 0.1) is 22.2 Å². The van der Waals surface area contributed by atoms with Crippen LogP contribution >= 0.6 is 11.6 Å². The molecular formula is C26H23ClF5N7O4. The number of aryl methyl sites for hydroxylation is 1. The summed E-state index contributed by atoms with van der Waals surface area (Å²) < 4.78 is 72.2. The SMILES string of the molecule is CC(C)(Cc1coc([C@]2(C)C(=O)Nc3nc(-c4nn(CCC(F)(F)C(F)(F)F)c5cc(Cl)ccc45)nc(N)c32)n1)C(=O)O. The molecule has 1 atom stereocenters. The lowest BCUT2D eigenvalue weighted by Gasteiger charge is -2.19. The quantitative estimate of drug-likeness (QED) is 0.222. The first-order chi connectivity index (χ1) is 19.8. The van der Waals surface area contributed by atoms with Crippen LogP contribution < -0.4 is 11.1 Å². The zero-order valence-corrected chi connectivity index (χ0v) is 23.4. The molecule has 0 radical (unpaired) electrons. The molecule has 3 aromatic heterocycles. The molecule has 1 amide bonds. The number of fused-ring (bicyclic) bond motifs is 2. The highest BCUT2D eigenvalue weighted by molar-refractivity contribution is 6.31. The summed E-state index contributed by atoms with van der Waals surface area (Å²) in [5.74, 6) is -7.08. The third-order valence-corrected chi connectivity index (χ3v) is 7.52. The van der Waals surface area contributed by atoms with Gasteiger partial charge in [0.25, 0.3) is 0 Å². The van der Waals surface area contributed by atoms with Gasteiger partial charge in [-0.2, -0.15) is 27.1 Å². The smallest absolute Gasteiger partial charge is 0.453 e. The Kier molecular flexibility index (Phi) is 6.91. The molecule has 0 saturated heterocycles. The molecule has 0 spiro atoms. The van der Waals surface area contributed by atoms with Crippen molar-refractivity contribution in [3.63, 3.8) is 0 Å². The molecule has 0 aliphatic carbocycles. The van der Waals surface area contributed by atoms with Crippen molar-refractivity contribution in [1.29, 1.82) is 0 Å². The first-order valence-corrected chi connectivity index (χ1v) is 13.0. The van der Waals surface area contributed by atoms with E-state index in [1.165, 1.54) is 45.2 Å². The van der Waals surface area contributed by atoms with Crippen molar-refractivity contribution in [1.82, 2.24) is 24.7 Å². The minimum Gasteiger partial charge on any atom is -0.481 e. The first-order valence-electron chi connectivity index (χ1n) is 12.6. The van der Waals surface area contributed by atoms with Gasteiger partial charge in [0.2, 0.25) is 11.8 Å². The Morgan fingerprint density at radius 1 is 1.19 bits per heavy atom. The van der Waals surface area contributed by atoms with Crippen molar-refractivity contribution in [2.45, 2.75) is 57.7 Å². The molecule has 0 unspecified atom stereocenters. The van der Waals surface area contributed by atoms with E-state index in [0.717, 1.165) is 4.68 Å². The molecule has 228 valence electrons. The molecule has 1 aromatic carbocycles. The summed E-state index contributed by atoms with van der Waals surface area (Å²) in [6.45, 7) is 3.68. The Bertz CT molecular complexity index is 1790. The number of oxazole rings is 1. The molecule has 1 aliphatic rings. The molecule has 5 rings (SSSR count). The molecule has 0 saturated carbocycles. The zero-order valence-electron chi connectivity index (χ0n) is 22.7. The second-order valence-electron chi connectivity index (χ2n) is 10.9. The Morgan fingerprint density at radius 2 is 1.88 bits per heavy atom. The number of carboxylic acids is 1. The number of halogens is 6. The number of anilines is 2. The fraction of sp³-hybridized carbons (Fsp3) is 0.385. The minimum atomic E-state index is -5.74. The van der Waals surface area contributed by atoms with Crippen LogP contribution in [0.2, 0.25) is 5.02 Å². The lowest BCUT2D eigenvalue weighted by atomic mass is 9.84. The van der Waals surface area contributed by atoms with Crippen molar-refractivity contribution in [3.8, 4) is 11.5 Å². The van der Waals surface area contributed by atoms with Crippen LogP contribution in [0.4, 0.5) is 33.6 Å². The molecule has 11 nitrogen and oxygen atoms in total. The third kappa shape index (κ3) is 5.02. The second-order valence-corrected chi connectivity index (χ2v) is 11.4. The van der Waals surface area contributed by atoms with Crippen LogP contribution in [0.3, 0.4) is 0 Å². The first kappa shape index (κ1) is 30.1. The number of aliphatic carboxylic acids is 1. The van der Waals surface area contributed by atoms with Gasteiger partial charge in [0.1, 0.15) is 23.6 Å². The summed E-state index contributed by atoms with van der Waals surface area (Å²) in [6.07, 6.45) is -6.07. The summed E-state index contributed by atoms with van der Waals surface area (Å²) in [6, 6.07) is 4.28. The number of nitrogens with one attached hydrogen (secondary N) is 1. The van der Waals surface area contributed by atoms with Gasteiger partial charge in [0, 0.05) is 29.8 Å². The van der Waals surface area contributed by atoms with Crippen molar-refractivity contribution >= 4 is 46.0 Å². The summed E-state index contributed by atoms with van der Waals surface area (Å²) in [5.41, 5.74) is 4.07. The summed E-state index contributed by atoms with van der Waals surface area (Å²) in [4.78, 5) is 37.8. The number of alkyl halides is 5. The van der Waals surface area contributed by atoms with E-state index < -0.39 is 47.8 Å². The number of carboxylic acid groups (broad SMARTS) is 1. The van der Waals surface area contributed by atoms with Gasteiger partial charge in [-0.25, -0.2) is 15.0 Å². The summed E-state index contributed by atoms with van der Waals surface area (Å²) >= 11 is 6.06. The Hall–Kier alpha value is -4.34. The van der Waals surface area contributed by atoms with Crippen molar-refractivity contribution in [2.24, 2.45) is 5.41 Å². The maximum Gasteiger partial charge on any atom is 0.453 e. The van der Waals surface area contributed by atoms with Gasteiger partial charge in [-0.15, -0.1) is 0 Å². The van der Waals surface area contributed by atoms with E-state index in [2.05, 4.69) is 25.4 Å². The zero-order chi connectivity index (χ0) is 31.7. The molecule has 1 aliphatic heterocycles. The Labute approximate surface area is 244 Å². The normalized spacial score (nSPS) is 17.4. The predicted molar refractivity (Wildman–Crippen MR) is 143 cm³/mol. The van der Waals surface area contributed by atoms with Crippen LogP contribution in [-0.4, -0.2) is 53.8 Å². The minimum absolute atomic E-state index is 0.00587. The van der Waals surface area contributed by atoms with Gasteiger partial charge in [-0.05, 0) is 39.0 Å². The van der Waals surface area contributed by atoms with Crippen LogP contribution in [0.25, 0.3) is 22.4 Å². The maximum atomic E-state index is 13.7. The molecule has 0 fully saturated rings. The van der Waals surface area contributed by atoms with E-state index in [4.69, 9.17) is 21.8 Å². The number of nitrogens with zero attached hydrogens (tertiary/aromatic N) is 5. The van der Waals surface area contributed by atoms with Gasteiger partial charge < -0.3 is 20.6 Å². The number of amides is 1. The molecular weight excluding hydrogens is 605 g/mol. The average Bonchev–Trinajstić information content (AvgIpc) is 3.57. The standard InChI is InChI=1S/C26H23ClF5N7O4/c1-23(2,22(41)42)9-12-10-43-21(34-12)24(3)15-17(33)35-19(36-18(15)37-20(24)40)16-13-5-4-11(27)8-14(13)39(38-16)7-6-25(28,29)26(30,31)32/h4-5,8,10H,6-7,9H2,1-3H3,(H,41,42)(H3,33,35,36,37,40)/t24-/m0/s1. The van der Waals surface area contributed by atoms with Crippen LogP contribution in [0.15, 0.2) is 28.9 Å². The third-order valence-electron chi connectivity index (χ3n) is 7.28. The lowest BCUT2D eigenvalue weighted by molar-refractivity contribution is -0.285. The fourth-order valence-electron chi connectivity index (χ4n) is 4.73. The van der Waals surface area contributed by atoms with Gasteiger partial charge in [-0.1, -0.05) is 11.6 Å². The van der Waals surface area contributed by atoms with Crippen LogP contribution in [-0.2, 0) is 28.0 Å². The number of nitrogen functional groups attached to an aromatic ring is 1. The maximum absolute atomic E-state index is 13.7. The number of carbonyl (C=O) groups is 2. The van der Waals surface area contributed by atoms with E-state index in [0.29, 0.717) is 0 Å². The van der Waals surface area contributed by atoms with E-state index >= 15 is 0 Å². The fourth-order valence-corrected chi connectivity index (χ4v) is 4.90. The van der Waals surface area contributed by atoms with E-state index in [1.54, 1.807) is 0 Å².